The van der Waals surface area contributed by atoms with Crippen LogP contribution in [0.5, 0.6) is 0 Å². The minimum Gasteiger partial charge on any atom is -0.340 e. The number of hydrogen-bond donors (Lipinski definition) is 1. The maximum Gasteiger partial charge on any atom is 0.325 e. The molecule has 0 saturated heterocycles. The van der Waals surface area contributed by atoms with Crippen molar-refractivity contribution in [2.75, 3.05) is 7.05 Å². The highest BCUT2D eigenvalue weighted by atomic mass is 16.2. The molecule has 0 fully saturated rings. The molecular weight excluding hydrogens is 176 g/mol. The van der Waals surface area contributed by atoms with Gasteiger partial charge in [-0.05, 0) is 18.6 Å². The molecule has 1 heterocycles. The minimum atomic E-state index is -0.142. The molecule has 2 aromatic rings. The van der Waals surface area contributed by atoms with Crippen LogP contribution in [0.15, 0.2) is 30.5 Å². The van der Waals surface area contributed by atoms with Crippen molar-refractivity contribution in [3.63, 3.8) is 0 Å². The molecule has 14 heavy (non-hydrogen) atoms. The van der Waals surface area contributed by atoms with E-state index >= 15 is 0 Å². The zero-order chi connectivity index (χ0) is 10.1. The predicted octanol–water partition coefficient (Wildman–Crippen LogP) is 2.01. The minimum absolute atomic E-state index is 0.142. The maximum absolute atomic E-state index is 11.5. The summed E-state index contributed by atoms with van der Waals surface area (Å²) in [5.74, 6) is 0. The first-order valence-electron chi connectivity index (χ1n) is 4.38. The number of hydrogen-bond acceptors (Lipinski definition) is 1. The van der Waals surface area contributed by atoms with Crippen LogP contribution in [0.3, 0.4) is 0 Å². The fourth-order valence-corrected chi connectivity index (χ4v) is 1.54. The summed E-state index contributed by atoms with van der Waals surface area (Å²) in [5.41, 5.74) is 1.75. The summed E-state index contributed by atoms with van der Waals surface area (Å²) in [6.45, 7) is 3.89. The van der Waals surface area contributed by atoms with Crippen LogP contribution in [-0.4, -0.2) is 17.6 Å². The van der Waals surface area contributed by atoms with E-state index in [9.17, 15) is 4.79 Å². The first-order valence-corrected chi connectivity index (χ1v) is 4.38. The van der Waals surface area contributed by atoms with Crippen LogP contribution in [0.25, 0.3) is 10.9 Å². The van der Waals surface area contributed by atoms with Gasteiger partial charge in [-0.3, -0.25) is 4.57 Å². The highest BCUT2D eigenvalue weighted by Gasteiger charge is 2.08. The van der Waals surface area contributed by atoms with E-state index in [1.54, 1.807) is 17.8 Å². The summed E-state index contributed by atoms with van der Waals surface area (Å²) >= 11 is 0. The van der Waals surface area contributed by atoms with Crippen LogP contribution in [0.2, 0.25) is 0 Å². The molecule has 1 amide bonds. The number of rotatable bonds is 0. The maximum atomic E-state index is 11.5. The molecular formula is C11H11N2O. The summed E-state index contributed by atoms with van der Waals surface area (Å²) in [4.78, 5) is 11.5. The Morgan fingerprint density at radius 2 is 2.14 bits per heavy atom. The van der Waals surface area contributed by atoms with E-state index in [0.29, 0.717) is 0 Å². The Kier molecular flexibility index (Phi) is 2.00. The largest absolute Gasteiger partial charge is 0.340 e. The number of nitrogens with one attached hydrogen (secondary N) is 1. The van der Waals surface area contributed by atoms with Gasteiger partial charge in [0.2, 0.25) is 0 Å². The SMILES string of the molecule is [CH2]c1cn(C(=O)NC)c2ccccc12. The molecule has 0 unspecified atom stereocenters. The summed E-state index contributed by atoms with van der Waals surface area (Å²) in [6.07, 6.45) is 1.74. The second kappa shape index (κ2) is 3.18. The summed E-state index contributed by atoms with van der Waals surface area (Å²) in [5, 5.41) is 3.59. The fraction of sp³-hybridized carbons (Fsp3) is 0.0909. The molecule has 3 heteroatoms. The molecule has 1 radical (unpaired) electrons. The molecule has 0 saturated carbocycles. The molecule has 71 valence electrons. The molecule has 1 N–H and O–H groups in total. The normalized spacial score (nSPS) is 10.4. The zero-order valence-corrected chi connectivity index (χ0v) is 7.95. The molecule has 0 spiro atoms. The number of benzene rings is 1. The number of nitrogens with zero attached hydrogens (tertiary/aromatic N) is 1. The molecule has 0 bridgehead atoms. The van der Waals surface area contributed by atoms with E-state index in [4.69, 9.17) is 0 Å². The average Bonchev–Trinajstić information content (AvgIpc) is 2.56. The van der Waals surface area contributed by atoms with E-state index in [-0.39, 0.29) is 6.03 Å². The Bertz CT molecular complexity index is 485. The molecule has 0 aliphatic carbocycles. The molecule has 0 atom stereocenters. The van der Waals surface area contributed by atoms with Gasteiger partial charge in [-0.25, -0.2) is 4.79 Å². The van der Waals surface area contributed by atoms with Gasteiger partial charge in [0.05, 0.1) is 5.52 Å². The van der Waals surface area contributed by atoms with Crippen molar-refractivity contribution in [2.24, 2.45) is 0 Å². The van der Waals surface area contributed by atoms with Gasteiger partial charge in [0.25, 0.3) is 0 Å². The predicted molar refractivity (Wildman–Crippen MR) is 56.3 cm³/mol. The van der Waals surface area contributed by atoms with Crippen LogP contribution < -0.4 is 5.32 Å². The molecule has 0 aliphatic heterocycles. The lowest BCUT2D eigenvalue weighted by atomic mass is 10.2. The lowest BCUT2D eigenvalue weighted by molar-refractivity contribution is 0.245. The summed E-state index contributed by atoms with van der Waals surface area (Å²) < 4.78 is 1.57. The van der Waals surface area contributed by atoms with E-state index in [2.05, 4.69) is 12.2 Å². The van der Waals surface area contributed by atoms with E-state index in [0.717, 1.165) is 16.5 Å². The molecule has 2 rings (SSSR count). The van der Waals surface area contributed by atoms with E-state index in [1.807, 2.05) is 24.3 Å². The van der Waals surface area contributed by atoms with Crippen LogP contribution in [-0.2, 0) is 0 Å². The summed E-state index contributed by atoms with van der Waals surface area (Å²) in [6, 6.07) is 7.55. The quantitative estimate of drug-likeness (QED) is 0.672. The zero-order valence-electron chi connectivity index (χ0n) is 7.95. The molecule has 1 aromatic heterocycles. The monoisotopic (exact) mass is 187 g/mol. The van der Waals surface area contributed by atoms with E-state index in [1.165, 1.54) is 0 Å². The molecule has 0 aliphatic rings. The molecule has 3 nitrogen and oxygen atoms in total. The van der Waals surface area contributed by atoms with Crippen molar-refractivity contribution in [3.05, 3.63) is 42.9 Å². The number of carbonyl (C=O) groups is 1. The highest BCUT2D eigenvalue weighted by Crippen LogP contribution is 2.19. The number of amides is 1. The van der Waals surface area contributed by atoms with Gasteiger partial charge in [0, 0.05) is 18.6 Å². The topological polar surface area (TPSA) is 34.0 Å². The number of aromatic nitrogens is 1. The number of para-hydroxylation sites is 1. The van der Waals surface area contributed by atoms with Crippen molar-refractivity contribution in [2.45, 2.75) is 0 Å². The second-order valence-corrected chi connectivity index (χ2v) is 3.10. The van der Waals surface area contributed by atoms with Crippen molar-refractivity contribution >= 4 is 16.9 Å². The third kappa shape index (κ3) is 1.18. The third-order valence-electron chi connectivity index (χ3n) is 2.23. The standard InChI is InChI=1S/C11H11N2O/c1-8-7-13(11(14)12-2)10-6-4-3-5-9(8)10/h3-7H,1H2,2H3,(H,12,14). The van der Waals surface area contributed by atoms with Gasteiger partial charge in [-0.15, -0.1) is 0 Å². The first kappa shape index (κ1) is 8.81. The van der Waals surface area contributed by atoms with Gasteiger partial charge in [-0.1, -0.05) is 18.2 Å². The van der Waals surface area contributed by atoms with Gasteiger partial charge in [-0.2, -0.15) is 0 Å². The van der Waals surface area contributed by atoms with Crippen LogP contribution >= 0.6 is 0 Å². The summed E-state index contributed by atoms with van der Waals surface area (Å²) in [7, 11) is 1.61. The Labute approximate surface area is 82.3 Å². The highest BCUT2D eigenvalue weighted by molar-refractivity contribution is 5.93. The van der Waals surface area contributed by atoms with Gasteiger partial charge >= 0.3 is 6.03 Å². The Morgan fingerprint density at radius 1 is 1.43 bits per heavy atom. The van der Waals surface area contributed by atoms with Crippen LogP contribution in [0.1, 0.15) is 5.56 Å². The number of fused-ring (bicyclic) bond motifs is 1. The van der Waals surface area contributed by atoms with Crippen LogP contribution in [0.4, 0.5) is 4.79 Å². The smallest absolute Gasteiger partial charge is 0.325 e. The van der Waals surface area contributed by atoms with Gasteiger partial charge in [0.1, 0.15) is 0 Å². The van der Waals surface area contributed by atoms with E-state index < -0.39 is 0 Å². The number of carbonyl (C=O) groups excluding carboxylic acids is 1. The Balaban J connectivity index is 2.72. The average molecular weight is 187 g/mol. The van der Waals surface area contributed by atoms with Crippen LogP contribution in [0, 0.1) is 6.92 Å². The Hall–Kier alpha value is -1.77. The van der Waals surface area contributed by atoms with Gasteiger partial charge in [0.15, 0.2) is 0 Å². The van der Waals surface area contributed by atoms with Gasteiger partial charge < -0.3 is 5.32 Å². The van der Waals surface area contributed by atoms with Crippen molar-refractivity contribution in [3.8, 4) is 0 Å². The molecule has 1 aromatic carbocycles. The second-order valence-electron chi connectivity index (χ2n) is 3.10. The first-order chi connectivity index (χ1) is 6.74. The van der Waals surface area contributed by atoms with Crippen molar-refractivity contribution < 1.29 is 4.79 Å². The fourth-order valence-electron chi connectivity index (χ4n) is 1.54. The van der Waals surface area contributed by atoms with Crippen molar-refractivity contribution in [1.29, 1.82) is 0 Å². The Morgan fingerprint density at radius 3 is 2.86 bits per heavy atom. The lowest BCUT2D eigenvalue weighted by Crippen LogP contribution is -2.23. The lowest BCUT2D eigenvalue weighted by Gasteiger charge is -2.01. The van der Waals surface area contributed by atoms with Crippen molar-refractivity contribution in [1.82, 2.24) is 9.88 Å². The third-order valence-corrected chi connectivity index (χ3v) is 2.23.